The second kappa shape index (κ2) is 8.46. The molecule has 0 atom stereocenters. The van der Waals surface area contributed by atoms with Crippen LogP contribution in [0, 0.1) is 13.8 Å². The van der Waals surface area contributed by atoms with E-state index in [1.54, 1.807) is 14.2 Å². The lowest BCUT2D eigenvalue weighted by Gasteiger charge is -2.29. The van der Waals surface area contributed by atoms with Crippen molar-refractivity contribution in [2.24, 2.45) is 0 Å². The summed E-state index contributed by atoms with van der Waals surface area (Å²) in [6, 6.07) is 9.77. The summed E-state index contributed by atoms with van der Waals surface area (Å²) in [5.74, 6) is 1.40. The topological polar surface area (TPSA) is 69.0 Å². The van der Waals surface area contributed by atoms with Gasteiger partial charge in [-0.15, -0.1) is 0 Å². The van der Waals surface area contributed by atoms with Gasteiger partial charge in [-0.05, 0) is 67.1 Å². The second-order valence-electron chi connectivity index (χ2n) is 8.03. The van der Waals surface area contributed by atoms with Gasteiger partial charge in [0.15, 0.2) is 11.5 Å². The monoisotopic (exact) mass is 421 g/mol. The van der Waals surface area contributed by atoms with Gasteiger partial charge in [0, 0.05) is 30.5 Å². The zero-order valence-electron chi connectivity index (χ0n) is 18.4. The lowest BCUT2D eigenvalue weighted by Crippen LogP contribution is -2.36. The van der Waals surface area contributed by atoms with Crippen LogP contribution in [-0.2, 0) is 24.2 Å². The third kappa shape index (κ3) is 4.02. The molecule has 0 unspecified atom stereocenters. The Kier molecular flexibility index (Phi) is 5.72. The van der Waals surface area contributed by atoms with Crippen molar-refractivity contribution in [1.82, 2.24) is 4.90 Å². The first-order chi connectivity index (χ1) is 14.9. The smallest absolute Gasteiger partial charge is 0.339 e. The van der Waals surface area contributed by atoms with Gasteiger partial charge in [0.05, 0.1) is 14.2 Å². The number of hydrogen-bond acceptors (Lipinski definition) is 5. The molecule has 0 saturated heterocycles. The molecule has 0 aliphatic carbocycles. The van der Waals surface area contributed by atoms with Crippen LogP contribution >= 0.6 is 0 Å². The third-order valence-corrected chi connectivity index (χ3v) is 6.10. The fraction of sp³-hybridized carbons (Fsp3) is 0.360. The molecule has 0 N–H and O–H groups in total. The van der Waals surface area contributed by atoms with Gasteiger partial charge in [-0.2, -0.15) is 0 Å². The highest BCUT2D eigenvalue weighted by Crippen LogP contribution is 2.33. The predicted molar refractivity (Wildman–Crippen MR) is 119 cm³/mol. The molecule has 0 saturated carbocycles. The zero-order valence-corrected chi connectivity index (χ0v) is 18.4. The van der Waals surface area contributed by atoms with E-state index < -0.39 is 0 Å². The van der Waals surface area contributed by atoms with E-state index in [0.29, 0.717) is 42.2 Å². The van der Waals surface area contributed by atoms with Crippen LogP contribution in [0.25, 0.3) is 11.0 Å². The van der Waals surface area contributed by atoms with Gasteiger partial charge < -0.3 is 18.8 Å². The van der Waals surface area contributed by atoms with Crippen molar-refractivity contribution in [1.29, 1.82) is 0 Å². The summed E-state index contributed by atoms with van der Waals surface area (Å²) in [6.07, 6.45) is 1.40. The van der Waals surface area contributed by atoms with Crippen LogP contribution in [0.4, 0.5) is 0 Å². The summed E-state index contributed by atoms with van der Waals surface area (Å²) < 4.78 is 16.3. The van der Waals surface area contributed by atoms with Crippen molar-refractivity contribution in [3.63, 3.8) is 0 Å². The van der Waals surface area contributed by atoms with E-state index in [4.69, 9.17) is 13.9 Å². The average Bonchev–Trinajstić information content (AvgIpc) is 2.77. The number of aryl methyl sites for hydroxylation is 2. The zero-order chi connectivity index (χ0) is 22.1. The Morgan fingerprint density at radius 1 is 1.06 bits per heavy atom. The molecule has 1 amide bonds. The average molecular weight is 421 g/mol. The maximum atomic E-state index is 12.9. The molecule has 162 valence electrons. The summed E-state index contributed by atoms with van der Waals surface area (Å²) in [6.45, 7) is 5.06. The summed E-state index contributed by atoms with van der Waals surface area (Å²) in [4.78, 5) is 27.3. The molecule has 1 aromatic heterocycles. The quantitative estimate of drug-likeness (QED) is 0.584. The van der Waals surface area contributed by atoms with Crippen molar-refractivity contribution >= 4 is 16.9 Å². The molecule has 3 aromatic rings. The summed E-state index contributed by atoms with van der Waals surface area (Å²) in [7, 11) is 3.23. The Bertz CT molecular complexity index is 1210. The van der Waals surface area contributed by atoms with E-state index in [9.17, 15) is 9.59 Å². The minimum absolute atomic E-state index is 0.0308. The van der Waals surface area contributed by atoms with Crippen molar-refractivity contribution in [3.05, 3.63) is 68.6 Å². The molecule has 1 aliphatic heterocycles. The molecule has 0 spiro atoms. The molecule has 6 heteroatoms. The third-order valence-electron chi connectivity index (χ3n) is 6.10. The highest BCUT2D eigenvalue weighted by atomic mass is 16.5. The molecular formula is C25H27NO5. The van der Waals surface area contributed by atoms with Crippen LogP contribution in [0.5, 0.6) is 11.5 Å². The summed E-state index contributed by atoms with van der Waals surface area (Å²) in [5.41, 5.74) is 4.97. The Balaban J connectivity index is 1.50. The number of methoxy groups -OCH3 is 2. The van der Waals surface area contributed by atoms with Crippen LogP contribution < -0.4 is 15.1 Å². The van der Waals surface area contributed by atoms with E-state index in [-0.39, 0.29) is 18.0 Å². The molecule has 6 nitrogen and oxygen atoms in total. The van der Waals surface area contributed by atoms with E-state index in [1.807, 2.05) is 49.1 Å². The lowest BCUT2D eigenvalue weighted by atomic mass is 9.97. The molecule has 4 rings (SSSR count). The van der Waals surface area contributed by atoms with Gasteiger partial charge in [-0.25, -0.2) is 4.79 Å². The number of carbonyl (C=O) groups is 1. The van der Waals surface area contributed by atoms with Crippen LogP contribution in [0.15, 0.2) is 39.5 Å². The fourth-order valence-corrected chi connectivity index (χ4v) is 4.28. The number of hydrogen-bond donors (Lipinski definition) is 0. The van der Waals surface area contributed by atoms with Gasteiger partial charge in [-0.1, -0.05) is 12.1 Å². The summed E-state index contributed by atoms with van der Waals surface area (Å²) in [5, 5.41) is 0.917. The number of ether oxygens (including phenoxy) is 2. The maximum Gasteiger partial charge on any atom is 0.339 e. The maximum absolute atomic E-state index is 12.9. The Labute approximate surface area is 181 Å². The highest BCUT2D eigenvalue weighted by Gasteiger charge is 2.23. The summed E-state index contributed by atoms with van der Waals surface area (Å²) >= 11 is 0. The first kappa shape index (κ1) is 21.0. The van der Waals surface area contributed by atoms with Gasteiger partial charge in [0.1, 0.15) is 5.58 Å². The minimum atomic E-state index is -0.357. The number of benzene rings is 2. The van der Waals surface area contributed by atoms with E-state index in [1.165, 1.54) is 5.56 Å². The molecule has 2 aromatic carbocycles. The molecule has 1 aliphatic rings. The van der Waals surface area contributed by atoms with Crippen molar-refractivity contribution in [2.75, 3.05) is 20.8 Å². The Hall–Kier alpha value is -3.28. The first-order valence-electron chi connectivity index (χ1n) is 10.5. The SMILES string of the molecule is COc1cc2c(cc1OC)CN(C(=O)CCc1c(C)c3ccc(C)cc3oc1=O)CC2. The first-order valence-corrected chi connectivity index (χ1v) is 10.5. The van der Waals surface area contributed by atoms with Crippen molar-refractivity contribution < 1.29 is 18.7 Å². The molecule has 2 heterocycles. The van der Waals surface area contributed by atoms with Gasteiger partial charge in [0.25, 0.3) is 0 Å². The van der Waals surface area contributed by atoms with Crippen LogP contribution in [-0.4, -0.2) is 31.6 Å². The molecule has 0 fully saturated rings. The molecule has 31 heavy (non-hydrogen) atoms. The number of nitrogens with zero attached hydrogens (tertiary/aromatic N) is 1. The van der Waals surface area contributed by atoms with Gasteiger partial charge >= 0.3 is 5.63 Å². The molecule has 0 radical (unpaired) electrons. The molecule has 0 bridgehead atoms. The normalized spacial score (nSPS) is 13.2. The minimum Gasteiger partial charge on any atom is -0.493 e. The number of carbonyl (C=O) groups excluding carboxylic acids is 1. The number of rotatable bonds is 5. The van der Waals surface area contributed by atoms with Crippen molar-refractivity contribution in [3.8, 4) is 11.5 Å². The van der Waals surface area contributed by atoms with Gasteiger partial charge in [0.2, 0.25) is 5.91 Å². The largest absolute Gasteiger partial charge is 0.493 e. The fourth-order valence-electron chi connectivity index (χ4n) is 4.28. The Morgan fingerprint density at radius 3 is 2.48 bits per heavy atom. The van der Waals surface area contributed by atoms with Crippen LogP contribution in [0.3, 0.4) is 0 Å². The van der Waals surface area contributed by atoms with E-state index >= 15 is 0 Å². The van der Waals surface area contributed by atoms with E-state index in [0.717, 1.165) is 28.5 Å². The standard InChI is InChI=1S/C25H27NO5/c1-15-5-6-19-16(2)20(25(28)31-21(19)11-15)7-8-24(27)26-10-9-17-12-22(29-3)23(30-4)13-18(17)14-26/h5-6,11-13H,7-10,14H2,1-4H3. The second-order valence-corrected chi connectivity index (χ2v) is 8.03. The predicted octanol–water partition coefficient (Wildman–Crippen LogP) is 3.94. The number of fused-ring (bicyclic) bond motifs is 2. The van der Waals surface area contributed by atoms with Crippen LogP contribution in [0.1, 0.15) is 34.2 Å². The van der Waals surface area contributed by atoms with Crippen molar-refractivity contribution in [2.45, 2.75) is 39.7 Å². The van der Waals surface area contributed by atoms with E-state index in [2.05, 4.69) is 0 Å². The number of amides is 1. The highest BCUT2D eigenvalue weighted by molar-refractivity contribution is 5.82. The lowest BCUT2D eigenvalue weighted by molar-refractivity contribution is -0.132. The van der Waals surface area contributed by atoms with Gasteiger partial charge in [-0.3, -0.25) is 4.79 Å². The van der Waals surface area contributed by atoms with Crippen LogP contribution in [0.2, 0.25) is 0 Å². The molecular weight excluding hydrogens is 394 g/mol. The Morgan fingerprint density at radius 2 is 1.77 bits per heavy atom.